The van der Waals surface area contributed by atoms with E-state index in [9.17, 15) is 30.6 Å². The molecule has 0 aliphatic carbocycles. The first-order valence-corrected chi connectivity index (χ1v) is 3.07. The van der Waals surface area contributed by atoms with Crippen molar-refractivity contribution in [1.82, 2.24) is 4.75 Å². The summed E-state index contributed by atoms with van der Waals surface area (Å²) in [6.45, 7) is 0. The van der Waals surface area contributed by atoms with Crippen LogP contribution >= 0.6 is 0 Å². The summed E-state index contributed by atoms with van der Waals surface area (Å²) in [7, 11) is -6.41. The van der Waals surface area contributed by atoms with E-state index in [2.05, 4.69) is 0 Å². The Balaban J connectivity index is 4.79. The standard InChI is InChI=1S/CF5NO2S/c2-1(3,4)10(8,9)7(5)6/q+1. The first kappa shape index (κ1) is 9.56. The molecular formula is CF5NO2S+. The van der Waals surface area contributed by atoms with Crippen molar-refractivity contribution >= 4 is 10.0 Å². The monoisotopic (exact) mass is 185 g/mol. The summed E-state index contributed by atoms with van der Waals surface area (Å²) < 4.78 is 70.5. The lowest BCUT2D eigenvalue weighted by Crippen LogP contribution is -2.34. The fraction of sp³-hybridized carbons (Fsp3) is 1.00. The molecule has 0 saturated carbocycles. The summed E-state index contributed by atoms with van der Waals surface area (Å²) >= 11 is 0. The second kappa shape index (κ2) is 2.31. The van der Waals surface area contributed by atoms with Gasteiger partial charge >= 0.3 is 20.3 Å². The number of rotatable bonds is 1. The Bertz CT molecular complexity index is 202. The zero-order valence-corrected chi connectivity index (χ0v) is 4.88. The maximum absolute atomic E-state index is 11.0. The average molecular weight is 185 g/mol. The van der Waals surface area contributed by atoms with Gasteiger partial charge in [0.1, 0.15) is 8.96 Å². The van der Waals surface area contributed by atoms with Crippen molar-refractivity contribution in [3.05, 3.63) is 0 Å². The fourth-order valence-corrected chi connectivity index (χ4v) is 0.235. The van der Waals surface area contributed by atoms with Crippen LogP contribution in [0.2, 0.25) is 0 Å². The molecule has 1 radical (unpaired) electrons. The van der Waals surface area contributed by atoms with Gasteiger partial charge in [-0.05, 0) is 0 Å². The number of hydrogen-bond donors (Lipinski definition) is 0. The molecule has 0 aliphatic rings. The molecule has 0 bridgehead atoms. The van der Waals surface area contributed by atoms with E-state index in [4.69, 9.17) is 0 Å². The molecule has 0 aromatic carbocycles. The van der Waals surface area contributed by atoms with Crippen molar-refractivity contribution in [2.45, 2.75) is 5.51 Å². The fourth-order valence-electron chi connectivity index (χ4n) is 0.0782. The molecule has 9 heteroatoms. The second-order valence-electron chi connectivity index (χ2n) is 1.12. The summed E-state index contributed by atoms with van der Waals surface area (Å²) in [6, 6.07) is 0. The normalized spacial score (nSPS) is 14.2. The summed E-state index contributed by atoms with van der Waals surface area (Å²) in [5.74, 6) is 0. The first-order chi connectivity index (χ1) is 4.19. The highest BCUT2D eigenvalue weighted by Gasteiger charge is 2.62. The Morgan fingerprint density at radius 1 is 1.10 bits per heavy atom. The molecule has 0 atom stereocenters. The smallest absolute Gasteiger partial charge is 0.152 e. The topological polar surface area (TPSA) is 40.0 Å². The highest BCUT2D eigenvalue weighted by atomic mass is 32.2. The molecule has 0 aromatic heterocycles. The minimum Gasteiger partial charge on any atom is -0.152 e. The van der Waals surface area contributed by atoms with Gasteiger partial charge in [0.05, 0.1) is 0 Å². The second-order valence-corrected chi connectivity index (χ2v) is 2.81. The minimum absolute atomic E-state index is 2.88. The van der Waals surface area contributed by atoms with Crippen LogP contribution in [0.5, 0.6) is 0 Å². The van der Waals surface area contributed by atoms with Gasteiger partial charge in [0.25, 0.3) is 0 Å². The van der Waals surface area contributed by atoms with Crippen LogP contribution in [0.4, 0.5) is 22.1 Å². The quantitative estimate of drug-likeness (QED) is 0.446. The maximum Gasteiger partial charge on any atom is 0.563 e. The Labute approximate surface area is 52.0 Å². The minimum atomic E-state index is -6.41. The van der Waals surface area contributed by atoms with E-state index in [1.807, 2.05) is 0 Å². The lowest BCUT2D eigenvalue weighted by molar-refractivity contribution is -0.0631. The number of nitrogens with zero attached hydrogens (tertiary/aromatic N) is 1. The molecule has 10 heavy (non-hydrogen) atoms. The molecule has 0 N–H and O–H groups in total. The lowest BCUT2D eigenvalue weighted by atomic mass is 11.6. The highest BCUT2D eigenvalue weighted by Crippen LogP contribution is 2.25. The van der Waals surface area contributed by atoms with E-state index in [0.29, 0.717) is 0 Å². The van der Waals surface area contributed by atoms with Crippen molar-refractivity contribution < 1.29 is 30.6 Å². The molecule has 0 heterocycles. The van der Waals surface area contributed by atoms with Crippen molar-refractivity contribution in [2.24, 2.45) is 0 Å². The van der Waals surface area contributed by atoms with E-state index in [0.717, 1.165) is 0 Å². The molecule has 0 aromatic rings. The summed E-state index contributed by atoms with van der Waals surface area (Å²) in [5.41, 5.74) is -5.93. The van der Waals surface area contributed by atoms with Gasteiger partial charge in [0.2, 0.25) is 0 Å². The van der Waals surface area contributed by atoms with E-state index in [1.54, 1.807) is 0 Å². The number of halogens is 5. The summed E-state index contributed by atoms with van der Waals surface area (Å²) in [4.78, 5) is 0. The van der Waals surface area contributed by atoms with Gasteiger partial charge in [-0.1, -0.05) is 0 Å². The SMILES string of the molecule is O=S(=O)([N+](F)F)C(F)(F)F. The van der Waals surface area contributed by atoms with Crippen LogP contribution in [0.1, 0.15) is 0 Å². The molecule has 61 valence electrons. The predicted octanol–water partition coefficient (Wildman–Crippen LogP) is 0.745. The van der Waals surface area contributed by atoms with Crippen LogP contribution in [-0.4, -0.2) is 13.9 Å². The van der Waals surface area contributed by atoms with Gasteiger partial charge in [0.15, 0.2) is 0 Å². The molecule has 0 spiro atoms. The van der Waals surface area contributed by atoms with Crippen LogP contribution in [0.3, 0.4) is 0 Å². The van der Waals surface area contributed by atoms with E-state index < -0.39 is 20.3 Å². The molecule has 0 aliphatic heterocycles. The Kier molecular flexibility index (Phi) is 2.21. The largest absolute Gasteiger partial charge is 0.563 e. The van der Waals surface area contributed by atoms with Crippen LogP contribution in [0, 0.1) is 0 Å². The molecule has 0 fully saturated rings. The van der Waals surface area contributed by atoms with E-state index >= 15 is 0 Å². The third-order valence-electron chi connectivity index (χ3n) is 0.474. The average Bonchev–Trinajstić information content (AvgIpc) is 1.62. The molecular weight excluding hydrogens is 185 g/mol. The van der Waals surface area contributed by atoms with Crippen LogP contribution in [0.25, 0.3) is 0 Å². The number of hydrogen-bond acceptors (Lipinski definition) is 2. The van der Waals surface area contributed by atoms with Gasteiger partial charge in [-0.3, -0.25) is 0 Å². The molecule has 0 rings (SSSR count). The summed E-state index contributed by atoms with van der Waals surface area (Å²) in [5, 5.41) is 0. The first-order valence-electron chi connectivity index (χ1n) is 1.63. The third-order valence-corrected chi connectivity index (χ3v) is 1.42. The number of sulfonamides is 1. The third kappa shape index (κ3) is 1.53. The maximum atomic E-state index is 11.0. The van der Waals surface area contributed by atoms with Crippen molar-refractivity contribution in [3.8, 4) is 0 Å². The molecule has 0 amide bonds. The van der Waals surface area contributed by atoms with E-state index in [-0.39, 0.29) is 0 Å². The van der Waals surface area contributed by atoms with Gasteiger partial charge < -0.3 is 0 Å². The zero-order valence-electron chi connectivity index (χ0n) is 4.06. The van der Waals surface area contributed by atoms with Gasteiger partial charge in [0, 0.05) is 0 Å². The van der Waals surface area contributed by atoms with E-state index in [1.165, 1.54) is 0 Å². The van der Waals surface area contributed by atoms with Gasteiger partial charge in [-0.25, -0.2) is 0 Å². The molecule has 3 nitrogen and oxygen atoms in total. The van der Waals surface area contributed by atoms with Gasteiger partial charge in [-0.2, -0.15) is 21.6 Å². The summed E-state index contributed by atoms with van der Waals surface area (Å²) in [6.07, 6.45) is 0. The highest BCUT2D eigenvalue weighted by molar-refractivity contribution is 7.90. The number of alkyl halides is 3. The van der Waals surface area contributed by atoms with Gasteiger partial charge in [-0.15, -0.1) is 0 Å². The Morgan fingerprint density at radius 3 is 1.40 bits per heavy atom. The lowest BCUT2D eigenvalue weighted by Gasteiger charge is -1.94. The van der Waals surface area contributed by atoms with Crippen molar-refractivity contribution in [2.75, 3.05) is 0 Å². The Hall–Kier alpha value is -0.440. The van der Waals surface area contributed by atoms with Crippen LogP contribution in [-0.2, 0) is 10.0 Å². The zero-order chi connectivity index (χ0) is 8.58. The molecule has 0 saturated heterocycles. The van der Waals surface area contributed by atoms with Crippen molar-refractivity contribution in [1.29, 1.82) is 0 Å². The van der Waals surface area contributed by atoms with Crippen LogP contribution in [0.15, 0.2) is 0 Å². The molecule has 0 unspecified atom stereocenters. The van der Waals surface area contributed by atoms with Crippen molar-refractivity contribution in [3.63, 3.8) is 0 Å². The predicted molar refractivity (Wildman–Crippen MR) is 19.3 cm³/mol. The van der Waals surface area contributed by atoms with Crippen LogP contribution < -0.4 is 4.75 Å². The Morgan fingerprint density at radius 2 is 1.40 bits per heavy atom.